The first-order valence-electron chi connectivity index (χ1n) is 12.3. The topological polar surface area (TPSA) is 126 Å². The van der Waals surface area contributed by atoms with E-state index in [0.717, 1.165) is 52.8 Å². The van der Waals surface area contributed by atoms with Crippen LogP contribution in [0.2, 0.25) is 0 Å². The third kappa shape index (κ3) is 6.72. The van der Waals surface area contributed by atoms with Gasteiger partial charge in [-0.25, -0.2) is 0 Å². The van der Waals surface area contributed by atoms with Gasteiger partial charge in [0.05, 0.1) is 7.11 Å². The molecule has 0 heterocycles. The number of aldehydes is 1. The Labute approximate surface area is 224 Å². The number of amidine groups is 1. The predicted octanol–water partition coefficient (Wildman–Crippen LogP) is 4.49. The number of nitrogens with one attached hydrogen (secondary N) is 1. The van der Waals surface area contributed by atoms with Gasteiger partial charge in [-0.05, 0) is 80.5 Å². The summed E-state index contributed by atoms with van der Waals surface area (Å²) >= 11 is 0. The summed E-state index contributed by atoms with van der Waals surface area (Å²) in [4.78, 5) is 13.1. The number of nitrogens with two attached hydrogens (primary N) is 2. The number of hydrazone groups is 1. The zero-order chi connectivity index (χ0) is 27.9. The number of methoxy groups -OCH3 is 1. The molecule has 3 aromatic rings. The number of phenolic OH excluding ortho intramolecular Hbond substituents is 1. The molecule has 0 aliphatic heterocycles. The number of allylic oxidation sites excluding steroid dienone is 1. The summed E-state index contributed by atoms with van der Waals surface area (Å²) in [7, 11) is 7.54. The van der Waals surface area contributed by atoms with Crippen LogP contribution in [0, 0.1) is 0 Å². The van der Waals surface area contributed by atoms with E-state index in [1.165, 1.54) is 0 Å². The molecule has 8 nitrogen and oxygen atoms in total. The molecule has 1 fully saturated rings. The molecule has 38 heavy (non-hydrogen) atoms. The fourth-order valence-corrected chi connectivity index (χ4v) is 4.22. The molecule has 1 aliphatic carbocycles. The van der Waals surface area contributed by atoms with Crippen LogP contribution in [-0.4, -0.2) is 50.4 Å². The summed E-state index contributed by atoms with van der Waals surface area (Å²) < 4.78 is 5.29. The number of nitrogens with zero attached hydrogens (tertiary/aromatic N) is 2. The van der Waals surface area contributed by atoms with E-state index in [-0.39, 0.29) is 11.2 Å². The SMILES string of the molecule is C=C(Nc1ccc(C/C(N)=N/N)c(-c2ccc(C=O)cc2)c1)C1(c2ccc(O)c(OC)c2)CC1.CN(C)C. The zero-order valence-electron chi connectivity index (χ0n) is 22.5. The Morgan fingerprint density at radius 1 is 1.13 bits per heavy atom. The van der Waals surface area contributed by atoms with Crippen LogP contribution in [-0.2, 0) is 11.8 Å². The molecule has 200 valence electrons. The number of carbonyl (C=O) groups excluding carboxylic acids is 1. The Bertz CT molecular complexity index is 1310. The van der Waals surface area contributed by atoms with Crippen LogP contribution in [0.1, 0.15) is 34.3 Å². The van der Waals surface area contributed by atoms with Crippen molar-refractivity contribution >= 4 is 17.8 Å². The summed E-state index contributed by atoms with van der Waals surface area (Å²) in [6.45, 7) is 4.34. The highest BCUT2D eigenvalue weighted by Gasteiger charge is 2.47. The van der Waals surface area contributed by atoms with Gasteiger partial charge in [0.15, 0.2) is 11.5 Å². The maximum absolute atomic E-state index is 11.1. The molecule has 0 unspecified atom stereocenters. The number of hydrogen-bond donors (Lipinski definition) is 4. The summed E-state index contributed by atoms with van der Waals surface area (Å²) in [5.74, 6) is 6.24. The number of ether oxygens (including phenoxy) is 1. The van der Waals surface area contributed by atoms with Gasteiger partial charge in [0, 0.05) is 28.8 Å². The molecule has 6 N–H and O–H groups in total. The van der Waals surface area contributed by atoms with Gasteiger partial charge in [0.1, 0.15) is 12.1 Å². The molecule has 4 rings (SSSR count). The van der Waals surface area contributed by atoms with Crippen molar-refractivity contribution in [2.45, 2.75) is 24.7 Å². The minimum absolute atomic E-state index is 0.113. The normalized spacial score (nSPS) is 13.8. The van der Waals surface area contributed by atoms with Crippen molar-refractivity contribution in [3.05, 3.63) is 89.6 Å². The van der Waals surface area contributed by atoms with Crippen molar-refractivity contribution in [1.82, 2.24) is 4.90 Å². The lowest BCUT2D eigenvalue weighted by atomic mass is 9.91. The summed E-state index contributed by atoms with van der Waals surface area (Å²) in [6.07, 6.45) is 3.13. The number of rotatable bonds is 9. The van der Waals surface area contributed by atoms with Crippen LogP contribution >= 0.6 is 0 Å². The largest absolute Gasteiger partial charge is 0.504 e. The second-order valence-electron chi connectivity index (χ2n) is 9.82. The third-order valence-electron chi connectivity index (χ3n) is 6.36. The maximum atomic E-state index is 11.1. The first kappa shape index (κ1) is 28.3. The van der Waals surface area contributed by atoms with Gasteiger partial charge in [0.2, 0.25) is 0 Å². The fourth-order valence-electron chi connectivity index (χ4n) is 4.22. The highest BCUT2D eigenvalue weighted by atomic mass is 16.5. The van der Waals surface area contributed by atoms with Gasteiger partial charge in [0.25, 0.3) is 0 Å². The van der Waals surface area contributed by atoms with E-state index in [0.29, 0.717) is 23.6 Å². The minimum Gasteiger partial charge on any atom is -0.504 e. The molecule has 0 saturated heterocycles. The molecule has 1 aliphatic rings. The smallest absolute Gasteiger partial charge is 0.160 e. The van der Waals surface area contributed by atoms with Crippen molar-refractivity contribution in [1.29, 1.82) is 0 Å². The Balaban J connectivity index is 0.000000934. The van der Waals surface area contributed by atoms with Crippen molar-refractivity contribution in [2.75, 3.05) is 33.6 Å². The first-order valence-corrected chi connectivity index (χ1v) is 12.3. The van der Waals surface area contributed by atoms with Crippen molar-refractivity contribution < 1.29 is 14.6 Å². The van der Waals surface area contributed by atoms with E-state index in [4.69, 9.17) is 16.3 Å². The molecular weight excluding hydrogens is 478 g/mol. The van der Waals surface area contributed by atoms with Crippen LogP contribution in [0.3, 0.4) is 0 Å². The molecule has 0 amide bonds. The van der Waals surface area contributed by atoms with E-state index in [2.05, 4.69) is 17.0 Å². The third-order valence-corrected chi connectivity index (χ3v) is 6.36. The average Bonchev–Trinajstić information content (AvgIpc) is 3.72. The number of phenols is 1. The predicted molar refractivity (Wildman–Crippen MR) is 155 cm³/mol. The van der Waals surface area contributed by atoms with Gasteiger partial charge in [-0.3, -0.25) is 4.79 Å². The summed E-state index contributed by atoms with van der Waals surface area (Å²) in [6, 6.07) is 18.8. The number of aromatic hydroxyl groups is 1. The first-order chi connectivity index (χ1) is 18.1. The van der Waals surface area contributed by atoms with Crippen LogP contribution in [0.4, 0.5) is 5.69 Å². The number of carbonyl (C=O) groups is 1. The van der Waals surface area contributed by atoms with Gasteiger partial charge in [-0.1, -0.05) is 43.0 Å². The average molecular weight is 516 g/mol. The highest BCUT2D eigenvalue weighted by Crippen LogP contribution is 2.54. The molecule has 0 aromatic heterocycles. The van der Waals surface area contributed by atoms with Crippen molar-refractivity contribution in [2.24, 2.45) is 16.7 Å². The van der Waals surface area contributed by atoms with E-state index in [1.54, 1.807) is 25.3 Å². The lowest BCUT2D eigenvalue weighted by Gasteiger charge is -2.22. The second-order valence-corrected chi connectivity index (χ2v) is 9.82. The van der Waals surface area contributed by atoms with Crippen LogP contribution < -0.4 is 21.6 Å². The minimum atomic E-state index is -0.220. The Kier molecular flexibility index (Phi) is 9.15. The van der Waals surface area contributed by atoms with Crippen LogP contribution in [0.25, 0.3) is 11.1 Å². The summed E-state index contributed by atoms with van der Waals surface area (Å²) in [5.41, 5.74) is 12.0. The molecule has 0 spiro atoms. The van der Waals surface area contributed by atoms with E-state index < -0.39 is 0 Å². The lowest BCUT2D eigenvalue weighted by molar-refractivity contribution is 0.112. The zero-order valence-corrected chi connectivity index (χ0v) is 22.5. The standard InChI is InChI=1S/C27H28N4O3.C3H9N/c1-17(27(11-12-27)21-8-10-24(33)25(14-21)34-2)30-22-9-7-20(13-26(28)31-29)23(15-22)19-5-3-18(16-32)4-6-19;1-4(2)3/h3-10,14-16,30,33H,1,11-13,29H2,2H3,(H2,28,31);1-3H3. The van der Waals surface area contributed by atoms with Crippen molar-refractivity contribution in [3.63, 3.8) is 0 Å². The van der Waals surface area contributed by atoms with Crippen LogP contribution in [0.5, 0.6) is 11.5 Å². The maximum Gasteiger partial charge on any atom is 0.160 e. The molecule has 1 saturated carbocycles. The fraction of sp³-hybridized carbons (Fsp3) is 0.267. The lowest BCUT2D eigenvalue weighted by Crippen LogP contribution is -2.18. The molecule has 3 aromatic carbocycles. The number of benzene rings is 3. The molecule has 0 bridgehead atoms. The molecular formula is C30H37N5O3. The van der Waals surface area contributed by atoms with Gasteiger partial charge in [-0.15, -0.1) is 0 Å². The van der Waals surface area contributed by atoms with Gasteiger partial charge in [-0.2, -0.15) is 5.10 Å². The van der Waals surface area contributed by atoms with Gasteiger partial charge >= 0.3 is 0 Å². The Hall–Kier alpha value is -4.30. The molecule has 0 radical (unpaired) electrons. The Morgan fingerprint density at radius 2 is 1.79 bits per heavy atom. The molecule has 8 heteroatoms. The Morgan fingerprint density at radius 3 is 2.34 bits per heavy atom. The van der Waals surface area contributed by atoms with E-state index >= 15 is 0 Å². The summed E-state index contributed by atoms with van der Waals surface area (Å²) in [5, 5.41) is 17.0. The second kappa shape index (κ2) is 12.3. The number of hydrogen-bond acceptors (Lipinski definition) is 7. The quantitative estimate of drug-likeness (QED) is 0.109. The van der Waals surface area contributed by atoms with Gasteiger partial charge < -0.3 is 31.6 Å². The van der Waals surface area contributed by atoms with E-state index in [9.17, 15) is 9.90 Å². The van der Waals surface area contributed by atoms with E-state index in [1.807, 2.05) is 68.5 Å². The molecule has 0 atom stereocenters. The monoisotopic (exact) mass is 515 g/mol. The van der Waals surface area contributed by atoms with Crippen LogP contribution in [0.15, 0.2) is 78.0 Å². The number of anilines is 1. The highest BCUT2D eigenvalue weighted by molar-refractivity contribution is 5.86. The van der Waals surface area contributed by atoms with Crippen molar-refractivity contribution in [3.8, 4) is 22.6 Å².